The smallest absolute Gasteiger partial charge is 0.253 e. The van der Waals surface area contributed by atoms with E-state index in [0.29, 0.717) is 11.1 Å². The van der Waals surface area contributed by atoms with Crippen LogP contribution >= 0.6 is 0 Å². The van der Waals surface area contributed by atoms with E-state index >= 15 is 0 Å². The maximum absolute atomic E-state index is 13.1. The summed E-state index contributed by atoms with van der Waals surface area (Å²) < 4.78 is 5.16. The van der Waals surface area contributed by atoms with Gasteiger partial charge in [0.25, 0.3) is 11.8 Å². The summed E-state index contributed by atoms with van der Waals surface area (Å²) in [6.45, 7) is 3.53. The van der Waals surface area contributed by atoms with Crippen LogP contribution in [-0.2, 0) is 0 Å². The molecular weight excluding hydrogens is 426 g/mol. The van der Waals surface area contributed by atoms with Crippen molar-refractivity contribution in [3.8, 4) is 5.75 Å². The van der Waals surface area contributed by atoms with Crippen molar-refractivity contribution < 1.29 is 14.3 Å². The minimum Gasteiger partial charge on any atom is -0.497 e. The van der Waals surface area contributed by atoms with Gasteiger partial charge in [0.2, 0.25) is 0 Å². The lowest BCUT2D eigenvalue weighted by atomic mass is 10.0. The Morgan fingerprint density at radius 3 is 2.21 bits per heavy atom. The number of methoxy groups -OCH3 is 1. The molecule has 0 aliphatic carbocycles. The SMILES string of the molecule is COc1ccc(C(=O)NC2CCN(c3ccccc3C(=O)N[C@H](C)c3ccccc3)CC2)cc1. The van der Waals surface area contributed by atoms with E-state index in [0.717, 1.165) is 42.9 Å². The molecule has 6 heteroatoms. The van der Waals surface area contributed by atoms with Gasteiger partial charge in [-0.15, -0.1) is 0 Å². The molecule has 0 aromatic heterocycles. The number of ether oxygens (including phenoxy) is 1. The van der Waals surface area contributed by atoms with Crippen molar-refractivity contribution in [3.05, 3.63) is 95.6 Å². The number of carbonyl (C=O) groups is 2. The molecule has 2 N–H and O–H groups in total. The second kappa shape index (κ2) is 10.9. The standard InChI is InChI=1S/C28H31N3O3/c1-20(21-8-4-3-5-9-21)29-28(33)25-10-6-7-11-26(25)31-18-16-23(17-19-31)30-27(32)22-12-14-24(34-2)15-13-22/h3-15,20,23H,16-19H2,1-2H3,(H,29,33)(H,30,32)/t20-/m1/s1. The zero-order valence-corrected chi connectivity index (χ0v) is 19.7. The second-order valence-corrected chi connectivity index (χ2v) is 8.59. The third-order valence-electron chi connectivity index (χ3n) is 6.32. The van der Waals surface area contributed by atoms with Crippen molar-refractivity contribution in [1.82, 2.24) is 10.6 Å². The number of hydrogen-bond donors (Lipinski definition) is 2. The first-order valence-corrected chi connectivity index (χ1v) is 11.7. The number of piperidine rings is 1. The number of nitrogens with zero attached hydrogens (tertiary/aromatic N) is 1. The normalized spacial score (nSPS) is 14.8. The molecule has 0 spiro atoms. The summed E-state index contributed by atoms with van der Waals surface area (Å²) in [5, 5.41) is 6.26. The molecule has 1 heterocycles. The summed E-state index contributed by atoms with van der Waals surface area (Å²) in [4.78, 5) is 27.9. The lowest BCUT2D eigenvalue weighted by Gasteiger charge is -2.35. The fourth-order valence-corrected chi connectivity index (χ4v) is 4.32. The van der Waals surface area contributed by atoms with Gasteiger partial charge in [-0.05, 0) is 61.7 Å². The molecule has 0 unspecified atom stereocenters. The van der Waals surface area contributed by atoms with Crippen molar-refractivity contribution in [2.45, 2.75) is 31.8 Å². The Labute approximate surface area is 200 Å². The number of benzene rings is 3. The number of rotatable bonds is 7. The molecule has 0 saturated carbocycles. The van der Waals surface area contributed by atoms with Crippen LogP contribution in [0.3, 0.4) is 0 Å². The molecule has 1 saturated heterocycles. The number of nitrogens with one attached hydrogen (secondary N) is 2. The van der Waals surface area contributed by atoms with Crippen LogP contribution in [0.15, 0.2) is 78.9 Å². The molecule has 2 amide bonds. The number of hydrogen-bond acceptors (Lipinski definition) is 4. The Morgan fingerprint density at radius 1 is 0.882 bits per heavy atom. The van der Waals surface area contributed by atoms with Gasteiger partial charge in [-0.3, -0.25) is 9.59 Å². The van der Waals surface area contributed by atoms with Crippen molar-refractivity contribution >= 4 is 17.5 Å². The van der Waals surface area contributed by atoms with Gasteiger partial charge >= 0.3 is 0 Å². The van der Waals surface area contributed by atoms with E-state index in [9.17, 15) is 9.59 Å². The van der Waals surface area contributed by atoms with Crippen molar-refractivity contribution in [2.75, 3.05) is 25.1 Å². The molecule has 6 nitrogen and oxygen atoms in total. The Bertz CT molecular complexity index is 1110. The van der Waals surface area contributed by atoms with E-state index in [4.69, 9.17) is 4.74 Å². The van der Waals surface area contributed by atoms with E-state index in [1.807, 2.05) is 61.5 Å². The lowest BCUT2D eigenvalue weighted by molar-refractivity contribution is 0.0928. The van der Waals surface area contributed by atoms with E-state index < -0.39 is 0 Å². The average molecular weight is 458 g/mol. The number of carbonyl (C=O) groups excluding carboxylic acids is 2. The molecule has 1 fully saturated rings. The first-order valence-electron chi connectivity index (χ1n) is 11.7. The minimum absolute atomic E-state index is 0.0734. The van der Waals surface area contributed by atoms with Crippen LogP contribution in [-0.4, -0.2) is 38.1 Å². The minimum atomic E-state index is -0.0827. The Kier molecular flexibility index (Phi) is 7.48. The summed E-state index contributed by atoms with van der Waals surface area (Å²) in [5.41, 5.74) is 3.30. The molecule has 3 aromatic rings. The molecule has 0 radical (unpaired) electrons. The highest BCUT2D eigenvalue weighted by Crippen LogP contribution is 2.25. The van der Waals surface area contributed by atoms with Crippen LogP contribution < -0.4 is 20.3 Å². The maximum Gasteiger partial charge on any atom is 0.253 e. The predicted octanol–water partition coefficient (Wildman–Crippen LogP) is 4.59. The molecule has 34 heavy (non-hydrogen) atoms. The summed E-state index contributed by atoms with van der Waals surface area (Å²) in [6.07, 6.45) is 1.64. The molecular formula is C28H31N3O3. The first-order chi connectivity index (χ1) is 16.5. The third-order valence-corrected chi connectivity index (χ3v) is 6.32. The highest BCUT2D eigenvalue weighted by atomic mass is 16.5. The quantitative estimate of drug-likeness (QED) is 0.545. The molecule has 4 rings (SSSR count). The van der Waals surface area contributed by atoms with Gasteiger partial charge in [-0.1, -0.05) is 42.5 Å². The number of para-hydroxylation sites is 1. The van der Waals surface area contributed by atoms with Gasteiger partial charge in [-0.25, -0.2) is 0 Å². The van der Waals surface area contributed by atoms with Crippen LogP contribution in [0.2, 0.25) is 0 Å². The molecule has 1 aliphatic rings. The van der Waals surface area contributed by atoms with Gasteiger partial charge in [0.05, 0.1) is 18.7 Å². The highest BCUT2D eigenvalue weighted by molar-refractivity contribution is 6.00. The Hall–Kier alpha value is -3.80. The third kappa shape index (κ3) is 5.57. The van der Waals surface area contributed by atoms with Crippen molar-refractivity contribution in [1.29, 1.82) is 0 Å². The second-order valence-electron chi connectivity index (χ2n) is 8.59. The van der Waals surface area contributed by atoms with Crippen molar-refractivity contribution in [3.63, 3.8) is 0 Å². The molecule has 0 bridgehead atoms. The highest BCUT2D eigenvalue weighted by Gasteiger charge is 2.24. The van der Waals surface area contributed by atoms with Gasteiger partial charge < -0.3 is 20.3 Å². The maximum atomic E-state index is 13.1. The molecule has 1 aliphatic heterocycles. The summed E-state index contributed by atoms with van der Waals surface area (Å²) in [7, 11) is 1.61. The van der Waals surface area contributed by atoms with Crippen LogP contribution in [0, 0.1) is 0 Å². The Balaban J connectivity index is 1.36. The number of anilines is 1. The van der Waals surface area contributed by atoms with E-state index in [1.54, 1.807) is 31.4 Å². The fourth-order valence-electron chi connectivity index (χ4n) is 4.32. The lowest BCUT2D eigenvalue weighted by Crippen LogP contribution is -2.45. The van der Waals surface area contributed by atoms with E-state index in [2.05, 4.69) is 15.5 Å². The van der Waals surface area contributed by atoms with Crippen molar-refractivity contribution in [2.24, 2.45) is 0 Å². The van der Waals surface area contributed by atoms with Crippen LogP contribution in [0.5, 0.6) is 5.75 Å². The Morgan fingerprint density at radius 2 is 1.53 bits per heavy atom. The average Bonchev–Trinajstić information content (AvgIpc) is 2.89. The van der Waals surface area contributed by atoms with Crippen LogP contribution in [0.1, 0.15) is 52.1 Å². The van der Waals surface area contributed by atoms with Crippen LogP contribution in [0.4, 0.5) is 5.69 Å². The summed E-state index contributed by atoms with van der Waals surface area (Å²) in [6, 6.07) is 24.8. The van der Waals surface area contributed by atoms with E-state index in [1.165, 1.54) is 0 Å². The van der Waals surface area contributed by atoms with E-state index in [-0.39, 0.29) is 23.9 Å². The molecule has 1 atom stereocenters. The largest absolute Gasteiger partial charge is 0.497 e. The van der Waals surface area contributed by atoms with Gasteiger partial charge in [0.15, 0.2) is 0 Å². The van der Waals surface area contributed by atoms with Gasteiger partial charge in [0, 0.05) is 30.4 Å². The number of amides is 2. The fraction of sp³-hybridized carbons (Fsp3) is 0.286. The first kappa shape index (κ1) is 23.4. The zero-order chi connectivity index (χ0) is 23.9. The summed E-state index contributed by atoms with van der Waals surface area (Å²) in [5.74, 6) is 0.573. The van der Waals surface area contributed by atoms with Gasteiger partial charge in [0.1, 0.15) is 5.75 Å². The molecule has 176 valence electrons. The van der Waals surface area contributed by atoms with Gasteiger partial charge in [-0.2, -0.15) is 0 Å². The zero-order valence-electron chi connectivity index (χ0n) is 19.7. The topological polar surface area (TPSA) is 70.7 Å². The molecule has 3 aromatic carbocycles. The summed E-state index contributed by atoms with van der Waals surface area (Å²) >= 11 is 0. The van der Waals surface area contributed by atoms with Crippen LogP contribution in [0.25, 0.3) is 0 Å². The monoisotopic (exact) mass is 457 g/mol. The predicted molar refractivity (Wildman–Crippen MR) is 134 cm³/mol.